The van der Waals surface area contributed by atoms with E-state index >= 15 is 4.39 Å². The largest absolute Gasteiger partial charge is 0.477 e. The van der Waals surface area contributed by atoms with Gasteiger partial charge in [-0.15, -0.1) is 0 Å². The number of carbonyl (C=O) groups excluding carboxylic acids is 1. The van der Waals surface area contributed by atoms with E-state index < -0.39 is 23.4 Å². The summed E-state index contributed by atoms with van der Waals surface area (Å²) in [6.45, 7) is 2.08. The van der Waals surface area contributed by atoms with Crippen molar-refractivity contribution in [2.24, 2.45) is 0 Å². The number of hydrogen-bond acceptors (Lipinski definition) is 5. The molecule has 1 saturated heterocycles. The van der Waals surface area contributed by atoms with E-state index in [1.54, 1.807) is 36.1 Å². The number of anilines is 2. The van der Waals surface area contributed by atoms with Crippen LogP contribution in [0.4, 0.5) is 20.3 Å². The number of carboxylic acids is 1. The van der Waals surface area contributed by atoms with Crippen LogP contribution in [0.1, 0.15) is 44.7 Å². The summed E-state index contributed by atoms with van der Waals surface area (Å²) in [7, 11) is 0. The molecule has 36 heavy (non-hydrogen) atoms. The number of halogens is 2. The van der Waals surface area contributed by atoms with Gasteiger partial charge in [-0.1, -0.05) is 30.3 Å². The van der Waals surface area contributed by atoms with Crippen molar-refractivity contribution in [2.75, 3.05) is 18.4 Å². The molecule has 2 aromatic carbocycles. The number of nitrogens with one attached hydrogen (secondary N) is 1. The lowest BCUT2D eigenvalue weighted by Gasteiger charge is -2.37. The standard InChI is InChI=1S/C26H23F2N5O3/c1-16-13-18(27)7-8-21(16)31-23-19(14-29-22-20(25(35)36)15-30-33(22)23)24(34)32-11-9-26(28,10-12-32)17-5-3-2-4-6-17/h2-8,13-15,31H,9-12H2,1H3,(H,35,36). The van der Waals surface area contributed by atoms with Crippen LogP contribution in [0.5, 0.6) is 0 Å². The summed E-state index contributed by atoms with van der Waals surface area (Å²) in [6.07, 6.45) is 2.73. The zero-order valence-electron chi connectivity index (χ0n) is 19.4. The van der Waals surface area contributed by atoms with E-state index in [0.29, 0.717) is 16.8 Å². The number of amides is 1. The topological polar surface area (TPSA) is 99.8 Å². The normalized spacial score (nSPS) is 15.1. The molecular weight excluding hydrogens is 468 g/mol. The van der Waals surface area contributed by atoms with Crippen LogP contribution < -0.4 is 5.32 Å². The number of aromatic nitrogens is 3. The second-order valence-electron chi connectivity index (χ2n) is 8.83. The molecule has 1 fully saturated rings. The molecule has 0 aliphatic carbocycles. The molecule has 0 spiro atoms. The van der Waals surface area contributed by atoms with Crippen LogP contribution in [-0.2, 0) is 5.67 Å². The molecule has 5 rings (SSSR count). The van der Waals surface area contributed by atoms with Crippen LogP contribution in [0.3, 0.4) is 0 Å². The third-order valence-corrected chi connectivity index (χ3v) is 6.56. The first kappa shape index (κ1) is 23.4. The first-order chi connectivity index (χ1) is 17.3. The van der Waals surface area contributed by atoms with Gasteiger partial charge in [0.15, 0.2) is 5.65 Å². The molecule has 0 unspecified atom stereocenters. The van der Waals surface area contributed by atoms with Gasteiger partial charge in [-0.25, -0.2) is 18.6 Å². The Hall–Kier alpha value is -4.34. The lowest BCUT2D eigenvalue weighted by molar-refractivity contribution is 0.0421. The van der Waals surface area contributed by atoms with Crippen molar-refractivity contribution in [3.8, 4) is 0 Å². The highest BCUT2D eigenvalue weighted by molar-refractivity contribution is 6.01. The van der Waals surface area contributed by atoms with E-state index in [-0.39, 0.29) is 48.5 Å². The summed E-state index contributed by atoms with van der Waals surface area (Å²) < 4.78 is 30.5. The Morgan fingerprint density at radius 2 is 1.78 bits per heavy atom. The minimum absolute atomic E-state index is 0.0480. The van der Waals surface area contributed by atoms with Crippen LogP contribution in [-0.4, -0.2) is 49.6 Å². The maximum absolute atomic E-state index is 15.6. The van der Waals surface area contributed by atoms with E-state index in [4.69, 9.17) is 0 Å². The molecule has 1 aliphatic rings. The molecule has 2 N–H and O–H groups in total. The first-order valence-electron chi connectivity index (χ1n) is 11.4. The molecule has 3 heterocycles. The van der Waals surface area contributed by atoms with Crippen LogP contribution in [0.15, 0.2) is 60.9 Å². The van der Waals surface area contributed by atoms with Crippen LogP contribution in [0, 0.1) is 12.7 Å². The van der Waals surface area contributed by atoms with Crippen LogP contribution in [0.25, 0.3) is 5.65 Å². The molecule has 4 aromatic rings. The first-order valence-corrected chi connectivity index (χ1v) is 11.4. The lowest BCUT2D eigenvalue weighted by Crippen LogP contribution is -2.43. The van der Waals surface area contributed by atoms with Crippen molar-refractivity contribution >= 4 is 29.0 Å². The maximum Gasteiger partial charge on any atom is 0.341 e. The molecule has 1 aliphatic heterocycles. The van der Waals surface area contributed by atoms with Gasteiger partial charge in [0.1, 0.15) is 28.4 Å². The Morgan fingerprint density at radius 3 is 2.44 bits per heavy atom. The summed E-state index contributed by atoms with van der Waals surface area (Å²) in [6, 6.07) is 13.0. The van der Waals surface area contributed by atoms with Gasteiger partial charge in [0.25, 0.3) is 5.91 Å². The van der Waals surface area contributed by atoms with E-state index in [2.05, 4.69) is 15.4 Å². The number of fused-ring (bicyclic) bond motifs is 1. The number of aryl methyl sites for hydroxylation is 1. The summed E-state index contributed by atoms with van der Waals surface area (Å²) in [5.41, 5.74) is 0.209. The third kappa shape index (κ3) is 4.15. The Labute approximate surface area is 205 Å². The van der Waals surface area contributed by atoms with Crippen LogP contribution in [0.2, 0.25) is 0 Å². The fraction of sp³-hybridized carbons (Fsp3) is 0.231. The number of piperidine rings is 1. The highest BCUT2D eigenvalue weighted by Crippen LogP contribution is 2.37. The zero-order valence-corrected chi connectivity index (χ0v) is 19.4. The Balaban J connectivity index is 1.50. The van der Waals surface area contributed by atoms with Gasteiger partial charge >= 0.3 is 5.97 Å². The van der Waals surface area contributed by atoms with Gasteiger partial charge in [0, 0.05) is 37.8 Å². The second kappa shape index (κ2) is 9.03. The van der Waals surface area contributed by atoms with E-state index in [9.17, 15) is 19.1 Å². The number of aromatic carboxylic acids is 1. The number of carboxylic acid groups (broad SMARTS) is 1. The van der Waals surface area contributed by atoms with Crippen LogP contribution >= 0.6 is 0 Å². The Bertz CT molecular complexity index is 1460. The quantitative estimate of drug-likeness (QED) is 0.419. The third-order valence-electron chi connectivity index (χ3n) is 6.56. The van der Waals surface area contributed by atoms with Gasteiger partial charge in [0.05, 0.1) is 6.20 Å². The highest BCUT2D eigenvalue weighted by Gasteiger charge is 2.38. The molecule has 0 atom stereocenters. The molecule has 1 amide bonds. The summed E-state index contributed by atoms with van der Waals surface area (Å²) in [5, 5.41) is 16.7. The molecular formula is C26H23F2N5O3. The van der Waals surface area contributed by atoms with Gasteiger partial charge in [0.2, 0.25) is 0 Å². The van der Waals surface area contributed by atoms with Gasteiger partial charge in [-0.2, -0.15) is 9.61 Å². The molecule has 0 bridgehead atoms. The fourth-order valence-corrected chi connectivity index (χ4v) is 4.51. The molecule has 8 nitrogen and oxygen atoms in total. The van der Waals surface area contributed by atoms with Crippen molar-refractivity contribution in [1.29, 1.82) is 0 Å². The molecule has 0 saturated carbocycles. The summed E-state index contributed by atoms with van der Waals surface area (Å²) >= 11 is 0. The molecule has 184 valence electrons. The average molecular weight is 491 g/mol. The number of carbonyl (C=O) groups is 2. The average Bonchev–Trinajstić information content (AvgIpc) is 3.31. The summed E-state index contributed by atoms with van der Waals surface area (Å²) in [5.74, 6) is -1.83. The number of rotatable bonds is 5. The number of benzene rings is 2. The SMILES string of the molecule is Cc1cc(F)ccc1Nc1c(C(=O)N2CCC(F)(c3ccccc3)CC2)cnc2c(C(=O)O)cnn12. The number of hydrogen-bond donors (Lipinski definition) is 2. The predicted molar refractivity (Wildman–Crippen MR) is 129 cm³/mol. The van der Waals surface area contributed by atoms with Gasteiger partial charge in [-0.3, -0.25) is 4.79 Å². The minimum Gasteiger partial charge on any atom is -0.477 e. The van der Waals surface area contributed by atoms with Crippen molar-refractivity contribution in [1.82, 2.24) is 19.5 Å². The monoisotopic (exact) mass is 491 g/mol. The molecule has 0 radical (unpaired) electrons. The minimum atomic E-state index is -1.52. The highest BCUT2D eigenvalue weighted by atomic mass is 19.1. The Kier molecular flexibility index (Phi) is 5.87. The lowest BCUT2D eigenvalue weighted by atomic mass is 9.86. The molecule has 2 aromatic heterocycles. The smallest absolute Gasteiger partial charge is 0.341 e. The number of likely N-dealkylation sites (tertiary alicyclic amines) is 1. The fourth-order valence-electron chi connectivity index (χ4n) is 4.51. The Morgan fingerprint density at radius 1 is 1.06 bits per heavy atom. The van der Waals surface area contributed by atoms with E-state index in [0.717, 1.165) is 6.20 Å². The summed E-state index contributed by atoms with van der Waals surface area (Å²) in [4.78, 5) is 30.9. The number of nitrogens with zero attached hydrogens (tertiary/aromatic N) is 4. The van der Waals surface area contributed by atoms with Crippen molar-refractivity contribution in [2.45, 2.75) is 25.4 Å². The zero-order chi connectivity index (χ0) is 25.4. The number of alkyl halides is 1. The van der Waals surface area contributed by atoms with Crippen molar-refractivity contribution in [3.05, 3.63) is 89.0 Å². The second-order valence-corrected chi connectivity index (χ2v) is 8.83. The van der Waals surface area contributed by atoms with Gasteiger partial charge < -0.3 is 15.3 Å². The molecule has 10 heteroatoms. The van der Waals surface area contributed by atoms with E-state index in [1.807, 2.05) is 6.07 Å². The predicted octanol–water partition coefficient (Wildman–Crippen LogP) is 4.72. The van der Waals surface area contributed by atoms with Crippen molar-refractivity contribution < 1.29 is 23.5 Å². The van der Waals surface area contributed by atoms with E-state index in [1.165, 1.54) is 28.9 Å². The maximum atomic E-state index is 15.6. The van der Waals surface area contributed by atoms with Crippen molar-refractivity contribution in [3.63, 3.8) is 0 Å². The van der Waals surface area contributed by atoms with Gasteiger partial charge in [-0.05, 0) is 36.2 Å².